The van der Waals surface area contributed by atoms with Crippen LogP contribution in [0.3, 0.4) is 0 Å². The van der Waals surface area contributed by atoms with Gasteiger partial charge in [-0.2, -0.15) is 5.10 Å². The molecule has 0 saturated carbocycles. The van der Waals surface area contributed by atoms with Crippen molar-refractivity contribution in [3.8, 4) is 0 Å². The minimum absolute atomic E-state index is 0.0629. The second kappa shape index (κ2) is 3.40. The van der Waals surface area contributed by atoms with Gasteiger partial charge in [-0.25, -0.2) is 0 Å². The van der Waals surface area contributed by atoms with E-state index in [0.717, 1.165) is 5.69 Å². The lowest BCUT2D eigenvalue weighted by molar-refractivity contribution is -0.497. The van der Waals surface area contributed by atoms with E-state index in [-0.39, 0.29) is 16.9 Å². The van der Waals surface area contributed by atoms with Gasteiger partial charge in [-0.3, -0.25) is 14.8 Å². The summed E-state index contributed by atoms with van der Waals surface area (Å²) in [6, 6.07) is 1.79. The van der Waals surface area contributed by atoms with E-state index in [2.05, 4.69) is 5.10 Å². The maximum Gasteiger partial charge on any atom is 0.245 e. The quantitative estimate of drug-likeness (QED) is 0.533. The normalized spacial score (nSPS) is 11.7. The van der Waals surface area contributed by atoms with Gasteiger partial charge in [0.1, 0.15) is 5.69 Å². The first-order valence-corrected chi connectivity index (χ1v) is 4.46. The smallest absolute Gasteiger partial charge is 0.245 e. The molecule has 5 nitrogen and oxygen atoms in total. The molecule has 78 valence electrons. The Balaban J connectivity index is 2.99. The number of hydrogen-bond donors (Lipinski definition) is 0. The molecule has 1 heterocycles. The summed E-state index contributed by atoms with van der Waals surface area (Å²) in [6.07, 6.45) is 0. The minimum atomic E-state index is -0.344. The van der Waals surface area contributed by atoms with Crippen molar-refractivity contribution in [3.63, 3.8) is 0 Å². The van der Waals surface area contributed by atoms with Crippen LogP contribution in [-0.4, -0.2) is 14.7 Å². The Morgan fingerprint density at radius 3 is 2.50 bits per heavy atom. The van der Waals surface area contributed by atoms with Crippen molar-refractivity contribution in [1.29, 1.82) is 0 Å². The maximum absolute atomic E-state index is 10.3. The van der Waals surface area contributed by atoms with Crippen LogP contribution in [0, 0.1) is 10.1 Å². The molecule has 0 spiro atoms. The summed E-state index contributed by atoms with van der Waals surface area (Å²) >= 11 is 0. The highest BCUT2D eigenvalue weighted by atomic mass is 16.6. The van der Waals surface area contributed by atoms with Crippen molar-refractivity contribution in [2.24, 2.45) is 7.05 Å². The first kappa shape index (κ1) is 10.7. The number of nitro groups is 1. The molecule has 1 aromatic heterocycles. The highest BCUT2D eigenvalue weighted by Gasteiger charge is 2.20. The Bertz CT molecular complexity index is 349. The van der Waals surface area contributed by atoms with E-state index in [9.17, 15) is 10.1 Å². The van der Waals surface area contributed by atoms with Gasteiger partial charge in [-0.15, -0.1) is 0 Å². The van der Waals surface area contributed by atoms with Gasteiger partial charge >= 0.3 is 0 Å². The van der Waals surface area contributed by atoms with Gasteiger partial charge in [-0.1, -0.05) is 20.8 Å². The lowest BCUT2D eigenvalue weighted by Crippen LogP contribution is -2.12. The van der Waals surface area contributed by atoms with Gasteiger partial charge in [0, 0.05) is 17.4 Å². The first-order chi connectivity index (χ1) is 6.30. The molecule has 0 radical (unpaired) electrons. The van der Waals surface area contributed by atoms with Crippen LogP contribution in [0.15, 0.2) is 6.07 Å². The van der Waals surface area contributed by atoms with Crippen molar-refractivity contribution >= 4 is 0 Å². The van der Waals surface area contributed by atoms with Crippen molar-refractivity contribution in [2.45, 2.75) is 32.7 Å². The average molecular weight is 197 g/mol. The topological polar surface area (TPSA) is 61.0 Å². The lowest BCUT2D eigenvalue weighted by atomic mass is 9.92. The molecule has 0 N–H and O–H groups in total. The SMILES string of the molecule is Cn1nc(C(C)(C)C)cc1C[N+](=O)[O-]. The van der Waals surface area contributed by atoms with Crippen molar-refractivity contribution < 1.29 is 4.92 Å². The highest BCUT2D eigenvalue weighted by molar-refractivity contribution is 5.16. The van der Waals surface area contributed by atoms with Gasteiger partial charge in [0.05, 0.1) is 5.69 Å². The molecule has 1 rings (SSSR count). The second-order valence-electron chi connectivity index (χ2n) is 4.39. The molecule has 0 amide bonds. The largest absolute Gasteiger partial charge is 0.266 e. The van der Waals surface area contributed by atoms with Crippen LogP contribution in [0.1, 0.15) is 32.2 Å². The third kappa shape index (κ3) is 2.31. The zero-order chi connectivity index (χ0) is 10.9. The monoisotopic (exact) mass is 197 g/mol. The number of aromatic nitrogens is 2. The molecule has 0 fully saturated rings. The number of rotatable bonds is 2. The summed E-state index contributed by atoms with van der Waals surface area (Å²) in [7, 11) is 1.73. The Labute approximate surface area is 82.9 Å². The van der Waals surface area contributed by atoms with Gasteiger partial charge in [0.2, 0.25) is 6.54 Å². The second-order valence-corrected chi connectivity index (χ2v) is 4.39. The maximum atomic E-state index is 10.3. The zero-order valence-corrected chi connectivity index (χ0v) is 8.94. The molecule has 5 heteroatoms. The molecule has 0 unspecified atom stereocenters. The Hall–Kier alpha value is -1.39. The third-order valence-electron chi connectivity index (χ3n) is 2.04. The van der Waals surface area contributed by atoms with E-state index in [0.29, 0.717) is 5.69 Å². The third-order valence-corrected chi connectivity index (χ3v) is 2.04. The lowest BCUT2D eigenvalue weighted by Gasteiger charge is -2.13. The fourth-order valence-electron chi connectivity index (χ4n) is 1.15. The van der Waals surface area contributed by atoms with E-state index >= 15 is 0 Å². The molecule has 0 atom stereocenters. The predicted octanol–water partition coefficient (Wildman–Crippen LogP) is 1.49. The van der Waals surface area contributed by atoms with Crippen LogP contribution in [-0.2, 0) is 19.0 Å². The summed E-state index contributed by atoms with van der Waals surface area (Å²) < 4.78 is 1.57. The standard InChI is InChI=1S/C9H15N3O2/c1-9(2,3)8-5-7(6-12(13)14)11(4)10-8/h5H,6H2,1-4H3. The van der Waals surface area contributed by atoms with Crippen LogP contribution in [0.4, 0.5) is 0 Å². The van der Waals surface area contributed by atoms with E-state index in [4.69, 9.17) is 0 Å². The average Bonchev–Trinajstić information content (AvgIpc) is 2.30. The molecule has 0 aliphatic heterocycles. The molecular formula is C9H15N3O2. The van der Waals surface area contributed by atoms with E-state index in [1.165, 1.54) is 0 Å². The fourth-order valence-corrected chi connectivity index (χ4v) is 1.15. The molecule has 0 saturated heterocycles. The summed E-state index contributed by atoms with van der Waals surface area (Å²) in [5.74, 6) is 0. The van der Waals surface area contributed by atoms with E-state index in [1.54, 1.807) is 17.8 Å². The van der Waals surface area contributed by atoms with Gasteiger partial charge < -0.3 is 0 Å². The van der Waals surface area contributed by atoms with Crippen LogP contribution in [0.25, 0.3) is 0 Å². The van der Waals surface area contributed by atoms with E-state index in [1.807, 2.05) is 20.8 Å². The van der Waals surface area contributed by atoms with Gasteiger partial charge in [-0.05, 0) is 6.07 Å². The van der Waals surface area contributed by atoms with Crippen molar-refractivity contribution in [2.75, 3.05) is 0 Å². The van der Waals surface area contributed by atoms with E-state index < -0.39 is 0 Å². The number of aryl methyl sites for hydroxylation is 1. The van der Waals surface area contributed by atoms with Crippen molar-refractivity contribution in [3.05, 3.63) is 27.6 Å². The Kier molecular flexibility index (Phi) is 2.59. The Morgan fingerprint density at radius 1 is 1.57 bits per heavy atom. The molecule has 0 aromatic carbocycles. The predicted molar refractivity (Wildman–Crippen MR) is 52.6 cm³/mol. The molecule has 14 heavy (non-hydrogen) atoms. The molecule has 0 aliphatic rings. The first-order valence-electron chi connectivity index (χ1n) is 4.46. The molecule has 1 aromatic rings. The van der Waals surface area contributed by atoms with Crippen LogP contribution >= 0.6 is 0 Å². The highest BCUT2D eigenvalue weighted by Crippen LogP contribution is 2.21. The minimum Gasteiger partial charge on any atom is -0.266 e. The summed E-state index contributed by atoms with van der Waals surface area (Å²) in [5, 5.41) is 14.6. The summed E-state index contributed by atoms with van der Waals surface area (Å²) in [5.41, 5.74) is 1.46. The van der Waals surface area contributed by atoms with Crippen LogP contribution < -0.4 is 0 Å². The number of hydrogen-bond acceptors (Lipinski definition) is 3. The molecular weight excluding hydrogens is 182 g/mol. The fraction of sp³-hybridized carbons (Fsp3) is 0.667. The summed E-state index contributed by atoms with van der Waals surface area (Å²) in [4.78, 5) is 10.0. The zero-order valence-electron chi connectivity index (χ0n) is 8.94. The molecule has 0 aliphatic carbocycles. The number of nitrogens with zero attached hydrogens (tertiary/aromatic N) is 3. The summed E-state index contributed by atoms with van der Waals surface area (Å²) in [6.45, 7) is 5.93. The van der Waals surface area contributed by atoms with Gasteiger partial charge in [0.15, 0.2) is 0 Å². The van der Waals surface area contributed by atoms with Crippen LogP contribution in [0.2, 0.25) is 0 Å². The molecule has 0 bridgehead atoms. The van der Waals surface area contributed by atoms with Gasteiger partial charge in [0.25, 0.3) is 0 Å². The van der Waals surface area contributed by atoms with Crippen molar-refractivity contribution in [1.82, 2.24) is 9.78 Å². The van der Waals surface area contributed by atoms with Crippen LogP contribution in [0.5, 0.6) is 0 Å². The Morgan fingerprint density at radius 2 is 2.14 bits per heavy atom.